The SMILES string of the molecule is C=CCN1C(=O)C(c2ccc(OCC(C)C)cc2)=C(N2CC(C)CC(C)C2)C1=O. The van der Waals surface area contributed by atoms with Gasteiger partial charge in [-0.1, -0.05) is 45.9 Å². The Balaban J connectivity index is 1.97. The van der Waals surface area contributed by atoms with Crippen molar-refractivity contribution in [3.63, 3.8) is 0 Å². The van der Waals surface area contributed by atoms with Gasteiger partial charge in [-0.2, -0.15) is 0 Å². The Morgan fingerprint density at radius 2 is 1.72 bits per heavy atom. The van der Waals surface area contributed by atoms with Crippen molar-refractivity contribution in [3.8, 4) is 5.75 Å². The lowest BCUT2D eigenvalue weighted by atomic mass is 9.91. The van der Waals surface area contributed by atoms with E-state index < -0.39 is 0 Å². The van der Waals surface area contributed by atoms with E-state index in [0.717, 1.165) is 30.8 Å². The topological polar surface area (TPSA) is 49.9 Å². The van der Waals surface area contributed by atoms with E-state index in [2.05, 4.69) is 39.2 Å². The summed E-state index contributed by atoms with van der Waals surface area (Å²) in [5.41, 5.74) is 1.78. The lowest BCUT2D eigenvalue weighted by Gasteiger charge is -2.37. The highest BCUT2D eigenvalue weighted by molar-refractivity contribution is 6.35. The van der Waals surface area contributed by atoms with Gasteiger partial charge in [0.05, 0.1) is 12.2 Å². The first-order chi connectivity index (χ1) is 13.8. The fraction of sp³-hybridized carbons (Fsp3) is 0.500. The van der Waals surface area contributed by atoms with Crippen LogP contribution in [0.4, 0.5) is 0 Å². The molecule has 0 saturated carbocycles. The van der Waals surface area contributed by atoms with Crippen LogP contribution in [-0.2, 0) is 9.59 Å². The summed E-state index contributed by atoms with van der Waals surface area (Å²) in [7, 11) is 0. The van der Waals surface area contributed by atoms with Gasteiger partial charge in [-0.3, -0.25) is 14.5 Å². The molecule has 156 valence electrons. The number of imide groups is 1. The van der Waals surface area contributed by atoms with Crippen molar-refractivity contribution < 1.29 is 14.3 Å². The monoisotopic (exact) mass is 396 g/mol. The van der Waals surface area contributed by atoms with Gasteiger partial charge in [0, 0.05) is 19.6 Å². The lowest BCUT2D eigenvalue weighted by molar-refractivity contribution is -0.137. The van der Waals surface area contributed by atoms with Crippen LogP contribution in [0.1, 0.15) is 39.7 Å². The summed E-state index contributed by atoms with van der Waals surface area (Å²) in [6.07, 6.45) is 2.74. The zero-order chi connectivity index (χ0) is 21.1. The molecule has 5 nitrogen and oxygen atoms in total. The van der Waals surface area contributed by atoms with Gasteiger partial charge >= 0.3 is 0 Å². The number of benzene rings is 1. The van der Waals surface area contributed by atoms with Crippen molar-refractivity contribution >= 4 is 17.4 Å². The number of hydrogen-bond donors (Lipinski definition) is 0. The third-order valence-electron chi connectivity index (χ3n) is 5.37. The van der Waals surface area contributed by atoms with Crippen LogP contribution in [0.3, 0.4) is 0 Å². The summed E-state index contributed by atoms with van der Waals surface area (Å²) in [6.45, 7) is 14.8. The predicted molar refractivity (Wildman–Crippen MR) is 115 cm³/mol. The molecular formula is C24H32N2O3. The van der Waals surface area contributed by atoms with Gasteiger partial charge in [-0.25, -0.2) is 0 Å². The lowest BCUT2D eigenvalue weighted by Crippen LogP contribution is -2.41. The summed E-state index contributed by atoms with van der Waals surface area (Å²) in [5, 5.41) is 0. The van der Waals surface area contributed by atoms with Crippen LogP contribution in [0.25, 0.3) is 5.57 Å². The van der Waals surface area contributed by atoms with E-state index in [1.54, 1.807) is 6.08 Å². The van der Waals surface area contributed by atoms with Gasteiger partial charge in [-0.15, -0.1) is 6.58 Å². The average Bonchev–Trinajstić information content (AvgIpc) is 2.91. The molecule has 2 atom stereocenters. The van der Waals surface area contributed by atoms with E-state index in [1.165, 1.54) is 4.90 Å². The molecule has 3 rings (SSSR count). The summed E-state index contributed by atoms with van der Waals surface area (Å²) in [6, 6.07) is 7.50. The normalized spacial score (nSPS) is 22.7. The number of nitrogens with zero attached hydrogens (tertiary/aromatic N) is 2. The Bertz CT molecular complexity index is 800. The van der Waals surface area contributed by atoms with Gasteiger partial charge in [-0.05, 0) is 41.9 Å². The molecule has 0 aliphatic carbocycles. The first-order valence-electron chi connectivity index (χ1n) is 10.5. The van der Waals surface area contributed by atoms with Gasteiger partial charge in [0.25, 0.3) is 11.8 Å². The molecule has 0 bridgehead atoms. The van der Waals surface area contributed by atoms with Crippen molar-refractivity contribution in [2.24, 2.45) is 17.8 Å². The molecule has 2 aliphatic heterocycles. The molecule has 2 amide bonds. The number of ether oxygens (including phenoxy) is 1. The molecule has 0 aromatic heterocycles. The molecule has 2 unspecified atom stereocenters. The minimum Gasteiger partial charge on any atom is -0.493 e. The second-order valence-corrected chi connectivity index (χ2v) is 8.81. The van der Waals surface area contributed by atoms with Crippen LogP contribution >= 0.6 is 0 Å². The molecular weight excluding hydrogens is 364 g/mol. The molecule has 5 heteroatoms. The van der Waals surface area contributed by atoms with Crippen LogP contribution < -0.4 is 4.74 Å². The minimum absolute atomic E-state index is 0.216. The van der Waals surface area contributed by atoms with E-state index >= 15 is 0 Å². The van der Waals surface area contributed by atoms with Crippen molar-refractivity contribution in [3.05, 3.63) is 48.2 Å². The summed E-state index contributed by atoms with van der Waals surface area (Å²) in [4.78, 5) is 29.8. The van der Waals surface area contributed by atoms with Gasteiger partial charge in [0.1, 0.15) is 11.4 Å². The number of rotatable bonds is 7. The third kappa shape index (κ3) is 4.55. The second-order valence-electron chi connectivity index (χ2n) is 8.81. The van der Waals surface area contributed by atoms with Crippen molar-refractivity contribution in [2.45, 2.75) is 34.1 Å². The fourth-order valence-electron chi connectivity index (χ4n) is 4.24. The van der Waals surface area contributed by atoms with Gasteiger partial charge in [0.15, 0.2) is 0 Å². The molecule has 1 aromatic rings. The van der Waals surface area contributed by atoms with E-state index in [9.17, 15) is 9.59 Å². The third-order valence-corrected chi connectivity index (χ3v) is 5.37. The summed E-state index contributed by atoms with van der Waals surface area (Å²) < 4.78 is 5.76. The highest BCUT2D eigenvalue weighted by Gasteiger charge is 2.42. The fourth-order valence-corrected chi connectivity index (χ4v) is 4.24. The molecule has 0 spiro atoms. The molecule has 0 N–H and O–H groups in total. The highest BCUT2D eigenvalue weighted by atomic mass is 16.5. The first kappa shape index (κ1) is 21.2. The maximum absolute atomic E-state index is 13.2. The maximum Gasteiger partial charge on any atom is 0.278 e. The molecule has 2 aliphatic rings. The molecule has 2 heterocycles. The number of carbonyl (C=O) groups is 2. The summed E-state index contributed by atoms with van der Waals surface area (Å²) in [5.74, 6) is 1.71. The Kier molecular flexibility index (Phi) is 6.46. The Hall–Kier alpha value is -2.56. The maximum atomic E-state index is 13.2. The number of amides is 2. The van der Waals surface area contributed by atoms with E-state index in [4.69, 9.17) is 4.74 Å². The zero-order valence-electron chi connectivity index (χ0n) is 18.0. The van der Waals surface area contributed by atoms with Crippen LogP contribution in [0, 0.1) is 17.8 Å². The van der Waals surface area contributed by atoms with E-state index in [1.807, 2.05) is 24.3 Å². The molecule has 29 heavy (non-hydrogen) atoms. The number of likely N-dealkylation sites (tertiary alicyclic amines) is 1. The highest BCUT2D eigenvalue weighted by Crippen LogP contribution is 2.35. The molecule has 1 aromatic carbocycles. The predicted octanol–water partition coefficient (Wildman–Crippen LogP) is 3.97. The zero-order valence-corrected chi connectivity index (χ0v) is 18.0. The Labute approximate surface area is 174 Å². The van der Waals surface area contributed by atoms with Gasteiger partial charge in [0.2, 0.25) is 0 Å². The minimum atomic E-state index is -0.244. The quantitative estimate of drug-likeness (QED) is 0.517. The smallest absolute Gasteiger partial charge is 0.278 e. The van der Waals surface area contributed by atoms with Crippen molar-refractivity contribution in [1.82, 2.24) is 9.80 Å². The standard InChI is InChI=1S/C24H32N2O3/c1-6-11-26-23(27)21(19-7-9-20(10-8-19)29-15-16(2)3)22(24(26)28)25-13-17(4)12-18(5)14-25/h6-10,16-18H,1,11-15H2,2-5H3. The van der Waals surface area contributed by atoms with Crippen LogP contribution in [0.15, 0.2) is 42.6 Å². The number of piperidine rings is 1. The van der Waals surface area contributed by atoms with E-state index in [-0.39, 0.29) is 18.4 Å². The Morgan fingerprint density at radius 3 is 2.28 bits per heavy atom. The Morgan fingerprint density at radius 1 is 1.10 bits per heavy atom. The van der Waals surface area contributed by atoms with Crippen LogP contribution in [0.2, 0.25) is 0 Å². The number of carbonyl (C=O) groups excluding carboxylic acids is 2. The largest absolute Gasteiger partial charge is 0.493 e. The summed E-state index contributed by atoms with van der Waals surface area (Å²) >= 11 is 0. The van der Waals surface area contributed by atoms with Gasteiger partial charge < -0.3 is 9.64 Å². The number of hydrogen-bond acceptors (Lipinski definition) is 4. The van der Waals surface area contributed by atoms with Crippen LogP contribution in [-0.4, -0.2) is 47.9 Å². The van der Waals surface area contributed by atoms with Crippen LogP contribution in [0.5, 0.6) is 5.75 Å². The van der Waals surface area contributed by atoms with Crippen molar-refractivity contribution in [1.29, 1.82) is 0 Å². The molecule has 1 fully saturated rings. The van der Waals surface area contributed by atoms with Crippen molar-refractivity contribution in [2.75, 3.05) is 26.2 Å². The first-order valence-corrected chi connectivity index (χ1v) is 10.5. The van der Waals surface area contributed by atoms with E-state index in [0.29, 0.717) is 35.6 Å². The molecule has 0 radical (unpaired) electrons. The molecule has 1 saturated heterocycles. The average molecular weight is 397 g/mol. The second kappa shape index (κ2) is 8.85.